The molecule has 0 heterocycles. The molecular formula is C23H28N2O4. The summed E-state index contributed by atoms with van der Waals surface area (Å²) in [5.41, 5.74) is 4.16. The minimum absolute atomic E-state index is 0.300. The Bertz CT molecular complexity index is 872. The first-order valence-electron chi connectivity index (χ1n) is 9.71. The Balaban J connectivity index is 1.82. The van der Waals surface area contributed by atoms with Gasteiger partial charge in [-0.3, -0.25) is 14.4 Å². The normalized spacial score (nSPS) is 11.4. The number of hydrogen-bond acceptors (Lipinski definition) is 4. The van der Waals surface area contributed by atoms with Crippen LogP contribution in [0.25, 0.3) is 0 Å². The number of aryl methyl sites for hydroxylation is 2. The van der Waals surface area contributed by atoms with Gasteiger partial charge in [-0.1, -0.05) is 49.2 Å². The van der Waals surface area contributed by atoms with Crippen LogP contribution in [0, 0.1) is 13.8 Å². The third kappa shape index (κ3) is 6.75. The molecule has 0 bridgehead atoms. The minimum Gasteiger partial charge on any atom is -0.454 e. The van der Waals surface area contributed by atoms with Crippen LogP contribution in [-0.2, 0) is 14.3 Å². The van der Waals surface area contributed by atoms with Crippen LogP contribution >= 0.6 is 0 Å². The van der Waals surface area contributed by atoms with Crippen LogP contribution < -0.4 is 10.6 Å². The van der Waals surface area contributed by atoms with Crippen molar-refractivity contribution in [2.45, 2.75) is 40.0 Å². The fourth-order valence-electron chi connectivity index (χ4n) is 3.00. The maximum absolute atomic E-state index is 12.2. The lowest BCUT2D eigenvalue weighted by Gasteiger charge is -2.15. The van der Waals surface area contributed by atoms with Crippen molar-refractivity contribution in [2.24, 2.45) is 0 Å². The lowest BCUT2D eigenvalue weighted by Crippen LogP contribution is -2.32. The first-order valence-corrected chi connectivity index (χ1v) is 9.71. The number of carbonyl (C=O) groups is 3. The van der Waals surface area contributed by atoms with Gasteiger partial charge in [0.1, 0.15) is 6.54 Å². The monoisotopic (exact) mass is 396 g/mol. The number of ether oxygens (including phenoxy) is 1. The number of anilines is 1. The van der Waals surface area contributed by atoms with Crippen LogP contribution in [0.3, 0.4) is 0 Å². The number of hydrogen-bond donors (Lipinski definition) is 2. The molecule has 6 nitrogen and oxygen atoms in total. The molecule has 2 rings (SSSR count). The van der Waals surface area contributed by atoms with Crippen LogP contribution in [0.2, 0.25) is 0 Å². The molecule has 29 heavy (non-hydrogen) atoms. The molecule has 1 atom stereocenters. The summed E-state index contributed by atoms with van der Waals surface area (Å²) in [5, 5.41) is 5.29. The summed E-state index contributed by atoms with van der Waals surface area (Å²) in [6, 6.07) is 13.0. The van der Waals surface area contributed by atoms with E-state index in [0.717, 1.165) is 23.1 Å². The topological polar surface area (TPSA) is 84.5 Å². The average molecular weight is 396 g/mol. The fraction of sp³-hybridized carbons (Fsp3) is 0.348. The van der Waals surface area contributed by atoms with Gasteiger partial charge in [-0.15, -0.1) is 0 Å². The van der Waals surface area contributed by atoms with Crippen LogP contribution in [-0.4, -0.2) is 30.9 Å². The molecule has 0 spiro atoms. The van der Waals surface area contributed by atoms with Gasteiger partial charge in [-0.2, -0.15) is 0 Å². The van der Waals surface area contributed by atoms with Crippen molar-refractivity contribution in [2.75, 3.05) is 18.5 Å². The SMILES string of the molecule is CCC(C)c1ccccc1NC(=O)COC(=O)CNC(=O)c1cc(C)cc(C)c1. The van der Waals surface area contributed by atoms with E-state index in [9.17, 15) is 14.4 Å². The second kappa shape index (κ2) is 10.4. The summed E-state index contributed by atoms with van der Waals surface area (Å²) in [6.45, 7) is 7.25. The number of benzene rings is 2. The van der Waals surface area contributed by atoms with Gasteiger partial charge in [0.05, 0.1) is 0 Å². The van der Waals surface area contributed by atoms with Gasteiger partial charge < -0.3 is 15.4 Å². The van der Waals surface area contributed by atoms with E-state index in [1.165, 1.54) is 0 Å². The molecule has 0 aliphatic rings. The van der Waals surface area contributed by atoms with Crippen LogP contribution in [0.4, 0.5) is 5.69 Å². The molecule has 0 aliphatic heterocycles. The van der Waals surface area contributed by atoms with E-state index < -0.39 is 18.5 Å². The number of amides is 2. The van der Waals surface area contributed by atoms with Crippen molar-refractivity contribution in [1.82, 2.24) is 5.32 Å². The molecule has 1 unspecified atom stereocenters. The zero-order valence-electron chi connectivity index (χ0n) is 17.4. The third-order valence-electron chi connectivity index (χ3n) is 4.62. The quantitative estimate of drug-likeness (QED) is 0.666. The van der Waals surface area contributed by atoms with Gasteiger partial charge in [0.2, 0.25) is 0 Å². The molecule has 2 N–H and O–H groups in total. The smallest absolute Gasteiger partial charge is 0.325 e. The van der Waals surface area contributed by atoms with E-state index in [1.807, 2.05) is 44.2 Å². The highest BCUT2D eigenvalue weighted by Crippen LogP contribution is 2.26. The summed E-state index contributed by atoms with van der Waals surface area (Å²) in [7, 11) is 0. The predicted octanol–water partition coefficient (Wildman–Crippen LogP) is 3.73. The van der Waals surface area contributed by atoms with E-state index in [1.54, 1.807) is 12.1 Å². The lowest BCUT2D eigenvalue weighted by atomic mass is 9.97. The summed E-state index contributed by atoms with van der Waals surface area (Å²) in [5.74, 6) is -1.15. The minimum atomic E-state index is -0.673. The molecule has 154 valence electrons. The molecule has 2 aromatic carbocycles. The molecule has 2 amide bonds. The van der Waals surface area contributed by atoms with Crippen LogP contribution in [0.15, 0.2) is 42.5 Å². The molecule has 0 saturated carbocycles. The maximum atomic E-state index is 12.2. The highest BCUT2D eigenvalue weighted by Gasteiger charge is 2.14. The zero-order chi connectivity index (χ0) is 21.4. The van der Waals surface area contributed by atoms with E-state index in [4.69, 9.17) is 4.74 Å². The van der Waals surface area contributed by atoms with Gasteiger partial charge in [-0.25, -0.2) is 0 Å². The number of nitrogens with one attached hydrogen (secondary N) is 2. The highest BCUT2D eigenvalue weighted by atomic mass is 16.5. The molecule has 6 heteroatoms. The summed E-state index contributed by atoms with van der Waals surface area (Å²) in [6.07, 6.45) is 0.946. The Morgan fingerprint density at radius 2 is 1.69 bits per heavy atom. The molecule has 0 fully saturated rings. The molecule has 0 aliphatic carbocycles. The molecule has 2 aromatic rings. The van der Waals surface area contributed by atoms with E-state index in [2.05, 4.69) is 24.5 Å². The lowest BCUT2D eigenvalue weighted by molar-refractivity contribution is -0.146. The Morgan fingerprint density at radius 1 is 1.03 bits per heavy atom. The largest absolute Gasteiger partial charge is 0.454 e. The third-order valence-corrected chi connectivity index (χ3v) is 4.62. The summed E-state index contributed by atoms with van der Waals surface area (Å²) in [4.78, 5) is 36.2. The Kier molecular flexibility index (Phi) is 7.95. The Hall–Kier alpha value is -3.15. The van der Waals surface area contributed by atoms with Crippen molar-refractivity contribution in [1.29, 1.82) is 0 Å². The van der Waals surface area contributed by atoms with Crippen molar-refractivity contribution >= 4 is 23.5 Å². The van der Waals surface area contributed by atoms with Crippen LogP contribution in [0.1, 0.15) is 53.2 Å². The van der Waals surface area contributed by atoms with Crippen molar-refractivity contribution in [3.8, 4) is 0 Å². The zero-order valence-corrected chi connectivity index (χ0v) is 17.4. The number of para-hydroxylation sites is 1. The highest BCUT2D eigenvalue weighted by molar-refractivity contribution is 5.97. The van der Waals surface area contributed by atoms with Crippen molar-refractivity contribution < 1.29 is 19.1 Å². The molecule has 0 aromatic heterocycles. The number of esters is 1. The van der Waals surface area contributed by atoms with E-state index in [0.29, 0.717) is 17.2 Å². The standard InChI is InChI=1S/C23H28N2O4/c1-5-17(4)19-8-6-7-9-20(19)25-21(26)14-29-22(27)13-24-23(28)18-11-15(2)10-16(3)12-18/h6-12,17H,5,13-14H2,1-4H3,(H,24,28)(H,25,26). The summed E-state index contributed by atoms with van der Waals surface area (Å²) < 4.78 is 4.97. The molecule has 0 saturated heterocycles. The predicted molar refractivity (Wildman–Crippen MR) is 113 cm³/mol. The Morgan fingerprint density at radius 3 is 2.34 bits per heavy atom. The first-order chi connectivity index (χ1) is 13.8. The Labute approximate surface area is 171 Å². The van der Waals surface area contributed by atoms with Gasteiger partial charge in [0.15, 0.2) is 6.61 Å². The first kappa shape index (κ1) is 22.1. The number of carbonyl (C=O) groups excluding carboxylic acids is 3. The summed E-state index contributed by atoms with van der Waals surface area (Å²) >= 11 is 0. The second-order valence-electron chi connectivity index (χ2n) is 7.16. The molecular weight excluding hydrogens is 368 g/mol. The van der Waals surface area contributed by atoms with Crippen molar-refractivity contribution in [3.05, 3.63) is 64.7 Å². The van der Waals surface area contributed by atoms with Crippen molar-refractivity contribution in [3.63, 3.8) is 0 Å². The second-order valence-corrected chi connectivity index (χ2v) is 7.16. The van der Waals surface area contributed by atoms with E-state index in [-0.39, 0.29) is 12.5 Å². The molecule has 0 radical (unpaired) electrons. The van der Waals surface area contributed by atoms with Gasteiger partial charge >= 0.3 is 5.97 Å². The van der Waals surface area contributed by atoms with Gasteiger partial charge in [0.25, 0.3) is 11.8 Å². The van der Waals surface area contributed by atoms with E-state index >= 15 is 0 Å². The fourth-order valence-corrected chi connectivity index (χ4v) is 3.00. The maximum Gasteiger partial charge on any atom is 0.325 e. The van der Waals surface area contributed by atoms with Gasteiger partial charge in [0, 0.05) is 11.3 Å². The van der Waals surface area contributed by atoms with Gasteiger partial charge in [-0.05, 0) is 49.9 Å². The number of rotatable bonds is 8. The van der Waals surface area contributed by atoms with Crippen LogP contribution in [0.5, 0.6) is 0 Å². The average Bonchev–Trinajstić information content (AvgIpc) is 2.69.